The van der Waals surface area contributed by atoms with E-state index >= 15 is 0 Å². The number of nitrogens with zero attached hydrogens (tertiary/aromatic N) is 4. The molecule has 2 aliphatic heterocycles. The molecule has 0 aromatic carbocycles. The fraction of sp³-hybridized carbons (Fsp3) is 0.737. The number of aromatic nitrogens is 2. The lowest BCUT2D eigenvalue weighted by Gasteiger charge is -2.32. The molecule has 26 heavy (non-hydrogen) atoms. The second-order valence-corrected chi connectivity index (χ2v) is 9.03. The van der Waals surface area contributed by atoms with Gasteiger partial charge in [-0.05, 0) is 64.6 Å². The van der Waals surface area contributed by atoms with Crippen molar-refractivity contribution in [2.45, 2.75) is 58.9 Å². The van der Waals surface area contributed by atoms with E-state index in [-0.39, 0.29) is 5.54 Å². The molecule has 0 unspecified atom stereocenters. The van der Waals surface area contributed by atoms with Gasteiger partial charge in [0, 0.05) is 37.8 Å². The van der Waals surface area contributed by atoms with Crippen molar-refractivity contribution in [3.8, 4) is 0 Å². The number of hydrogen-bond donors (Lipinski definition) is 2. The van der Waals surface area contributed by atoms with Gasteiger partial charge in [0.2, 0.25) is 5.95 Å². The van der Waals surface area contributed by atoms with E-state index in [4.69, 9.17) is 22.2 Å². The number of rotatable bonds is 3. The van der Waals surface area contributed by atoms with Crippen molar-refractivity contribution in [2.24, 2.45) is 5.92 Å². The van der Waals surface area contributed by atoms with Crippen molar-refractivity contribution < 1.29 is 0 Å². The summed E-state index contributed by atoms with van der Waals surface area (Å²) in [4.78, 5) is 14.3. The monoisotopic (exact) mass is 376 g/mol. The molecule has 2 aliphatic rings. The topological polar surface area (TPSA) is 56.3 Å². The SMILES string of the molecule is C[C@H]1CCCN(c2cc(N3CCCC3)nc(NC(=S)NC(C)(C)C)n2)C1. The van der Waals surface area contributed by atoms with Crippen LogP contribution in [0.25, 0.3) is 0 Å². The highest BCUT2D eigenvalue weighted by molar-refractivity contribution is 7.80. The van der Waals surface area contributed by atoms with Crippen LogP contribution in [0.5, 0.6) is 0 Å². The van der Waals surface area contributed by atoms with Crippen LogP contribution in [0.1, 0.15) is 53.4 Å². The summed E-state index contributed by atoms with van der Waals surface area (Å²) in [5.41, 5.74) is -0.0955. The fourth-order valence-electron chi connectivity index (χ4n) is 3.62. The van der Waals surface area contributed by atoms with Gasteiger partial charge in [-0.25, -0.2) is 0 Å². The van der Waals surface area contributed by atoms with E-state index in [2.05, 4.69) is 54.2 Å². The van der Waals surface area contributed by atoms with Gasteiger partial charge in [-0.2, -0.15) is 9.97 Å². The molecule has 6 nitrogen and oxygen atoms in total. The fourth-order valence-corrected chi connectivity index (χ4v) is 4.02. The second-order valence-electron chi connectivity index (χ2n) is 8.62. The Labute approximate surface area is 162 Å². The van der Waals surface area contributed by atoms with Crippen molar-refractivity contribution in [1.29, 1.82) is 0 Å². The van der Waals surface area contributed by atoms with Crippen molar-refractivity contribution in [3.63, 3.8) is 0 Å². The molecule has 0 spiro atoms. The van der Waals surface area contributed by atoms with Crippen LogP contribution in [0, 0.1) is 5.92 Å². The minimum atomic E-state index is -0.0955. The predicted octanol–water partition coefficient (Wildman–Crippen LogP) is 3.40. The molecule has 1 aromatic rings. The van der Waals surface area contributed by atoms with Crippen LogP contribution in [0.15, 0.2) is 6.07 Å². The first-order valence-electron chi connectivity index (χ1n) is 9.78. The van der Waals surface area contributed by atoms with E-state index in [0.717, 1.165) is 37.8 Å². The van der Waals surface area contributed by atoms with Crippen LogP contribution >= 0.6 is 12.2 Å². The molecule has 2 fully saturated rings. The Kier molecular flexibility index (Phi) is 5.85. The highest BCUT2D eigenvalue weighted by atomic mass is 32.1. The molecule has 2 N–H and O–H groups in total. The van der Waals surface area contributed by atoms with Gasteiger partial charge in [0.05, 0.1) is 0 Å². The van der Waals surface area contributed by atoms with Gasteiger partial charge in [0.15, 0.2) is 5.11 Å². The molecule has 7 heteroatoms. The zero-order valence-corrected chi connectivity index (χ0v) is 17.3. The molecule has 0 aliphatic carbocycles. The first kappa shape index (κ1) is 19.1. The molecule has 0 amide bonds. The Bertz CT molecular complexity index is 635. The Hall–Kier alpha value is -1.63. The first-order chi connectivity index (χ1) is 12.3. The van der Waals surface area contributed by atoms with Gasteiger partial charge >= 0.3 is 0 Å². The molecule has 1 atom stereocenters. The summed E-state index contributed by atoms with van der Waals surface area (Å²) in [5, 5.41) is 7.04. The van der Waals surface area contributed by atoms with E-state index in [1.165, 1.54) is 25.7 Å². The lowest BCUT2D eigenvalue weighted by Crippen LogP contribution is -2.43. The Morgan fingerprint density at radius 2 is 1.69 bits per heavy atom. The summed E-state index contributed by atoms with van der Waals surface area (Å²) >= 11 is 5.45. The van der Waals surface area contributed by atoms with Gasteiger partial charge in [-0.1, -0.05) is 6.92 Å². The van der Waals surface area contributed by atoms with Crippen LogP contribution in [0.4, 0.5) is 17.6 Å². The van der Waals surface area contributed by atoms with E-state index < -0.39 is 0 Å². The highest BCUT2D eigenvalue weighted by Gasteiger charge is 2.22. The quantitative estimate of drug-likeness (QED) is 0.784. The van der Waals surface area contributed by atoms with Crippen molar-refractivity contribution in [1.82, 2.24) is 15.3 Å². The van der Waals surface area contributed by atoms with Crippen molar-refractivity contribution >= 4 is 34.9 Å². The Balaban J connectivity index is 1.83. The summed E-state index contributed by atoms with van der Waals surface area (Å²) < 4.78 is 0. The normalized spacial score (nSPS) is 21.0. The lowest BCUT2D eigenvalue weighted by molar-refractivity contribution is 0.444. The molecule has 1 aromatic heterocycles. The molecular weight excluding hydrogens is 344 g/mol. The van der Waals surface area contributed by atoms with E-state index in [0.29, 0.717) is 17.0 Å². The molecule has 0 bridgehead atoms. The van der Waals surface area contributed by atoms with Crippen molar-refractivity contribution in [3.05, 3.63) is 6.07 Å². The number of thiocarbonyl (C=S) groups is 1. The zero-order chi connectivity index (χ0) is 18.7. The smallest absolute Gasteiger partial charge is 0.232 e. The number of nitrogens with one attached hydrogen (secondary N) is 2. The summed E-state index contributed by atoms with van der Waals surface area (Å²) in [6, 6.07) is 2.15. The zero-order valence-electron chi connectivity index (χ0n) is 16.5. The molecule has 3 rings (SSSR count). The summed E-state index contributed by atoms with van der Waals surface area (Å²) in [5.74, 6) is 3.31. The summed E-state index contributed by atoms with van der Waals surface area (Å²) in [6.45, 7) is 12.8. The van der Waals surface area contributed by atoms with Crippen molar-refractivity contribution in [2.75, 3.05) is 41.3 Å². The number of piperidine rings is 1. The van der Waals surface area contributed by atoms with Gasteiger partial charge < -0.3 is 20.4 Å². The molecule has 3 heterocycles. The molecule has 144 valence electrons. The van der Waals surface area contributed by atoms with E-state index in [1.54, 1.807) is 0 Å². The van der Waals surface area contributed by atoms with Gasteiger partial charge in [0.1, 0.15) is 11.6 Å². The Morgan fingerprint density at radius 3 is 2.31 bits per heavy atom. The molecular formula is C19H32N6S. The Morgan fingerprint density at radius 1 is 1.08 bits per heavy atom. The van der Waals surface area contributed by atoms with Gasteiger partial charge in [0.25, 0.3) is 0 Å². The average molecular weight is 377 g/mol. The minimum absolute atomic E-state index is 0.0955. The number of hydrogen-bond acceptors (Lipinski definition) is 5. The largest absolute Gasteiger partial charge is 0.358 e. The molecule has 0 saturated carbocycles. The summed E-state index contributed by atoms with van der Waals surface area (Å²) in [7, 11) is 0. The van der Waals surface area contributed by atoms with E-state index in [1.807, 2.05) is 0 Å². The number of anilines is 3. The van der Waals surface area contributed by atoms with E-state index in [9.17, 15) is 0 Å². The third kappa shape index (κ3) is 5.19. The van der Waals surface area contributed by atoms with Crippen LogP contribution < -0.4 is 20.4 Å². The molecule has 0 radical (unpaired) electrons. The average Bonchev–Trinajstić information content (AvgIpc) is 3.07. The van der Waals surface area contributed by atoms with Crippen LogP contribution in [-0.4, -0.2) is 46.8 Å². The third-order valence-corrected chi connectivity index (χ3v) is 5.03. The maximum Gasteiger partial charge on any atom is 0.232 e. The maximum absolute atomic E-state index is 5.45. The molecule has 2 saturated heterocycles. The van der Waals surface area contributed by atoms with Gasteiger partial charge in [-0.3, -0.25) is 0 Å². The standard InChI is InChI=1S/C19H32N6S/c1-14-8-7-11-25(13-14)16-12-15(24-9-5-6-10-24)20-17(21-16)22-18(26)23-19(2,3)4/h12,14H,5-11,13H2,1-4H3,(H2,20,21,22,23,26)/t14-/m0/s1. The first-order valence-corrected chi connectivity index (χ1v) is 10.2. The van der Waals surface area contributed by atoms with Crippen LogP contribution in [-0.2, 0) is 0 Å². The lowest BCUT2D eigenvalue weighted by atomic mass is 10.0. The predicted molar refractivity (Wildman–Crippen MR) is 113 cm³/mol. The minimum Gasteiger partial charge on any atom is -0.358 e. The third-order valence-electron chi connectivity index (χ3n) is 4.82. The highest BCUT2D eigenvalue weighted by Crippen LogP contribution is 2.27. The summed E-state index contributed by atoms with van der Waals surface area (Å²) in [6.07, 6.45) is 4.97. The van der Waals surface area contributed by atoms with Crippen LogP contribution in [0.2, 0.25) is 0 Å². The second kappa shape index (κ2) is 7.94. The van der Waals surface area contributed by atoms with Crippen LogP contribution in [0.3, 0.4) is 0 Å². The maximum atomic E-state index is 5.45. The van der Waals surface area contributed by atoms with Gasteiger partial charge in [-0.15, -0.1) is 0 Å².